The fourth-order valence-electron chi connectivity index (χ4n) is 6.36. The van der Waals surface area contributed by atoms with Gasteiger partial charge in [-0.2, -0.15) is 0 Å². The first-order valence-corrected chi connectivity index (χ1v) is 14.1. The molecule has 1 amide bonds. The third kappa shape index (κ3) is 4.80. The molecule has 4 aromatic rings. The van der Waals surface area contributed by atoms with Crippen LogP contribution in [0.2, 0.25) is 0 Å². The van der Waals surface area contributed by atoms with Crippen LogP contribution in [0.5, 0.6) is 0 Å². The molecule has 6 rings (SSSR count). The minimum absolute atomic E-state index is 0.0540. The lowest BCUT2D eigenvalue weighted by Crippen LogP contribution is -2.39. The number of aromatic nitrogens is 4. The second-order valence-electron chi connectivity index (χ2n) is 10.9. The number of carbonyl (C=O) groups excluding carboxylic acids is 1. The number of hydrogen-bond donors (Lipinski definition) is 1. The highest BCUT2D eigenvalue weighted by Gasteiger charge is 2.42. The highest BCUT2D eigenvalue weighted by atomic mass is 16.5. The second kappa shape index (κ2) is 10.7. The molecule has 0 saturated carbocycles. The molecule has 2 bridgehead atoms. The SMILES string of the molecule is CCCc1nc(C)c(CC(=O)N2C3CCC2CC3)c(=O)n1Cc1ccc(-c2ccccc2-c2noc(=O)[nH]2)cc1. The molecule has 40 heavy (non-hydrogen) atoms. The average Bonchev–Trinajstić information content (AvgIpc) is 3.70. The minimum atomic E-state index is -0.603. The van der Waals surface area contributed by atoms with Gasteiger partial charge in [-0.05, 0) is 55.7 Å². The molecule has 9 heteroatoms. The van der Waals surface area contributed by atoms with E-state index in [1.54, 1.807) is 4.57 Å². The molecule has 0 spiro atoms. The van der Waals surface area contributed by atoms with Crippen LogP contribution in [0.15, 0.2) is 62.6 Å². The van der Waals surface area contributed by atoms with Crippen molar-refractivity contribution in [1.82, 2.24) is 24.6 Å². The van der Waals surface area contributed by atoms with E-state index in [2.05, 4.69) is 17.1 Å². The van der Waals surface area contributed by atoms with Gasteiger partial charge in [0.15, 0.2) is 5.82 Å². The number of aryl methyl sites for hydroxylation is 2. The van der Waals surface area contributed by atoms with Gasteiger partial charge in [0.2, 0.25) is 5.91 Å². The van der Waals surface area contributed by atoms with Gasteiger partial charge in [0.1, 0.15) is 5.82 Å². The molecule has 206 valence electrons. The number of aromatic amines is 1. The van der Waals surface area contributed by atoms with Gasteiger partial charge in [-0.1, -0.05) is 60.6 Å². The molecule has 0 radical (unpaired) electrons. The van der Waals surface area contributed by atoms with E-state index in [4.69, 9.17) is 9.51 Å². The summed E-state index contributed by atoms with van der Waals surface area (Å²) >= 11 is 0. The lowest BCUT2D eigenvalue weighted by atomic mass is 9.98. The van der Waals surface area contributed by atoms with Gasteiger partial charge in [0, 0.05) is 35.3 Å². The van der Waals surface area contributed by atoms with Crippen LogP contribution in [-0.4, -0.2) is 42.6 Å². The topological polar surface area (TPSA) is 114 Å². The highest BCUT2D eigenvalue weighted by Crippen LogP contribution is 2.37. The average molecular weight is 540 g/mol. The van der Waals surface area contributed by atoms with E-state index in [9.17, 15) is 14.4 Å². The van der Waals surface area contributed by atoms with Crippen LogP contribution in [0.1, 0.15) is 61.7 Å². The molecule has 2 aromatic heterocycles. The number of fused-ring (bicyclic) bond motifs is 2. The summed E-state index contributed by atoms with van der Waals surface area (Å²) in [5, 5.41) is 3.84. The summed E-state index contributed by atoms with van der Waals surface area (Å²) in [6.45, 7) is 4.29. The minimum Gasteiger partial charge on any atom is -0.336 e. The van der Waals surface area contributed by atoms with E-state index >= 15 is 0 Å². The Bertz CT molecular complexity index is 1650. The van der Waals surface area contributed by atoms with E-state index in [-0.39, 0.29) is 17.9 Å². The van der Waals surface area contributed by atoms with Crippen LogP contribution >= 0.6 is 0 Å². The molecule has 2 fully saturated rings. The number of benzene rings is 2. The van der Waals surface area contributed by atoms with Crippen molar-refractivity contribution < 1.29 is 9.32 Å². The quantitative estimate of drug-likeness (QED) is 0.358. The number of amides is 1. The zero-order valence-electron chi connectivity index (χ0n) is 22.9. The van der Waals surface area contributed by atoms with Gasteiger partial charge in [0.25, 0.3) is 5.56 Å². The summed E-state index contributed by atoms with van der Waals surface area (Å²) in [7, 11) is 0. The van der Waals surface area contributed by atoms with Crippen molar-refractivity contribution in [2.24, 2.45) is 0 Å². The predicted octanol–water partition coefficient (Wildman–Crippen LogP) is 4.26. The number of hydrogen-bond acceptors (Lipinski definition) is 6. The molecule has 2 aliphatic rings. The van der Waals surface area contributed by atoms with Crippen molar-refractivity contribution in [3.8, 4) is 22.5 Å². The number of nitrogens with one attached hydrogen (secondary N) is 1. The lowest BCUT2D eigenvalue weighted by molar-refractivity contribution is -0.131. The zero-order chi connectivity index (χ0) is 27.8. The van der Waals surface area contributed by atoms with Crippen LogP contribution in [0.25, 0.3) is 22.5 Å². The fraction of sp³-hybridized carbons (Fsp3) is 0.387. The molecule has 2 saturated heterocycles. The summed E-state index contributed by atoms with van der Waals surface area (Å²) in [4.78, 5) is 48.1. The third-order valence-corrected chi connectivity index (χ3v) is 8.32. The maximum atomic E-state index is 13.8. The summed E-state index contributed by atoms with van der Waals surface area (Å²) in [6, 6.07) is 16.3. The maximum Gasteiger partial charge on any atom is 0.439 e. The molecule has 1 N–H and O–H groups in total. The van der Waals surface area contributed by atoms with Crippen LogP contribution < -0.4 is 11.3 Å². The molecule has 4 heterocycles. The molecule has 0 aliphatic carbocycles. The van der Waals surface area contributed by atoms with E-state index in [0.717, 1.165) is 60.2 Å². The fourth-order valence-corrected chi connectivity index (χ4v) is 6.36. The Kier molecular flexibility index (Phi) is 6.96. The number of carbonyl (C=O) groups is 1. The molecule has 9 nitrogen and oxygen atoms in total. The van der Waals surface area contributed by atoms with Crippen molar-refractivity contribution in [2.75, 3.05) is 0 Å². The van der Waals surface area contributed by atoms with Gasteiger partial charge in [0.05, 0.1) is 13.0 Å². The molecular weight excluding hydrogens is 506 g/mol. The molecule has 0 unspecified atom stereocenters. The summed E-state index contributed by atoms with van der Waals surface area (Å²) in [6.07, 6.45) is 5.95. The Hall–Kier alpha value is -4.27. The summed E-state index contributed by atoms with van der Waals surface area (Å²) in [5.74, 6) is 0.564. The van der Waals surface area contributed by atoms with E-state index in [0.29, 0.717) is 42.1 Å². The Morgan fingerprint density at radius 3 is 2.30 bits per heavy atom. The smallest absolute Gasteiger partial charge is 0.336 e. The Balaban J connectivity index is 1.29. The Morgan fingerprint density at radius 2 is 1.68 bits per heavy atom. The van der Waals surface area contributed by atoms with Gasteiger partial charge < -0.3 is 4.90 Å². The molecular formula is C31H33N5O4. The Labute approximate surface area is 231 Å². The summed E-state index contributed by atoms with van der Waals surface area (Å²) in [5.41, 5.74) is 4.59. The van der Waals surface area contributed by atoms with E-state index in [1.807, 2.05) is 60.4 Å². The van der Waals surface area contributed by atoms with Crippen LogP contribution in [0, 0.1) is 6.92 Å². The van der Waals surface area contributed by atoms with Gasteiger partial charge in [-0.25, -0.2) is 9.78 Å². The number of H-pyrrole nitrogens is 1. The molecule has 0 atom stereocenters. The van der Waals surface area contributed by atoms with Crippen molar-refractivity contribution in [2.45, 2.75) is 77.4 Å². The standard InChI is InChI=1S/C31H33N5O4/c1-3-6-27-32-19(2)26(17-28(37)36-22-13-14-23(36)16-15-22)30(38)35(27)18-20-9-11-21(12-10-20)24-7-4-5-8-25(24)29-33-31(39)40-34-29/h4-5,7-12,22-23H,3,6,13-18H2,1-2H3,(H,33,34,39). The predicted molar refractivity (Wildman–Crippen MR) is 151 cm³/mol. The number of rotatable bonds is 8. The van der Waals surface area contributed by atoms with Crippen LogP contribution in [-0.2, 0) is 24.2 Å². The summed E-state index contributed by atoms with van der Waals surface area (Å²) < 4.78 is 6.44. The molecule has 2 aliphatic heterocycles. The van der Waals surface area contributed by atoms with Crippen LogP contribution in [0.4, 0.5) is 0 Å². The van der Waals surface area contributed by atoms with Gasteiger partial charge in [-0.3, -0.25) is 23.7 Å². The zero-order valence-corrected chi connectivity index (χ0v) is 22.9. The van der Waals surface area contributed by atoms with Crippen molar-refractivity contribution >= 4 is 5.91 Å². The van der Waals surface area contributed by atoms with Crippen LogP contribution in [0.3, 0.4) is 0 Å². The largest absolute Gasteiger partial charge is 0.439 e. The molecule has 2 aromatic carbocycles. The van der Waals surface area contributed by atoms with Gasteiger partial charge >= 0.3 is 5.76 Å². The lowest BCUT2D eigenvalue weighted by Gasteiger charge is -2.23. The van der Waals surface area contributed by atoms with Crippen molar-refractivity contribution in [1.29, 1.82) is 0 Å². The van der Waals surface area contributed by atoms with Crippen molar-refractivity contribution in [3.05, 3.63) is 92.1 Å². The Morgan fingerprint density at radius 1 is 1.00 bits per heavy atom. The maximum absolute atomic E-state index is 13.8. The third-order valence-electron chi connectivity index (χ3n) is 8.32. The normalized spacial score (nSPS) is 18.0. The second-order valence-corrected chi connectivity index (χ2v) is 10.9. The highest BCUT2D eigenvalue weighted by molar-refractivity contribution is 5.81. The van der Waals surface area contributed by atoms with E-state index in [1.165, 1.54) is 0 Å². The van der Waals surface area contributed by atoms with Crippen molar-refractivity contribution in [3.63, 3.8) is 0 Å². The number of nitrogens with zero attached hydrogens (tertiary/aromatic N) is 4. The first-order chi connectivity index (χ1) is 19.4. The van der Waals surface area contributed by atoms with Gasteiger partial charge in [-0.15, -0.1) is 0 Å². The first-order valence-electron chi connectivity index (χ1n) is 14.1. The monoisotopic (exact) mass is 539 g/mol. The van der Waals surface area contributed by atoms with E-state index < -0.39 is 5.76 Å². The first kappa shape index (κ1) is 26.0.